The molecule has 0 aliphatic carbocycles. The van der Waals surface area contributed by atoms with Crippen molar-refractivity contribution in [2.24, 2.45) is 0 Å². The normalized spacial score (nSPS) is 12.1. The van der Waals surface area contributed by atoms with E-state index in [1.165, 1.54) is 18.4 Å². The van der Waals surface area contributed by atoms with Crippen molar-refractivity contribution in [1.29, 1.82) is 0 Å². The van der Waals surface area contributed by atoms with E-state index in [4.69, 9.17) is 4.74 Å². The van der Waals surface area contributed by atoms with E-state index in [2.05, 4.69) is 0 Å². The van der Waals surface area contributed by atoms with Gasteiger partial charge in [0.2, 0.25) is 0 Å². The lowest BCUT2D eigenvalue weighted by molar-refractivity contribution is 0.101. The molecule has 0 saturated heterocycles. The number of methoxy groups -OCH3 is 1. The van der Waals surface area contributed by atoms with Crippen molar-refractivity contribution in [3.8, 4) is 5.75 Å². The van der Waals surface area contributed by atoms with Crippen LogP contribution in [-0.4, -0.2) is 22.9 Å². The molecule has 0 radical (unpaired) electrons. The van der Waals surface area contributed by atoms with Crippen LogP contribution >= 0.6 is 11.3 Å². The number of hydrogen-bond acceptors (Lipinski definition) is 4. The summed E-state index contributed by atoms with van der Waals surface area (Å²) in [5.74, 6) is 0.339. The molecule has 0 spiro atoms. The van der Waals surface area contributed by atoms with Crippen LogP contribution in [0.5, 0.6) is 5.75 Å². The Morgan fingerprint density at radius 2 is 2.06 bits per heavy atom. The van der Waals surface area contributed by atoms with Crippen LogP contribution < -0.4 is 4.74 Å². The molecule has 1 atom stereocenters. The Bertz CT molecular complexity index is 561. The maximum Gasteiger partial charge on any atom is 0.179 e. The van der Waals surface area contributed by atoms with Crippen molar-refractivity contribution in [1.82, 2.24) is 0 Å². The van der Waals surface area contributed by atoms with E-state index in [1.807, 2.05) is 11.4 Å². The number of benzene rings is 1. The molecule has 0 bridgehead atoms. The summed E-state index contributed by atoms with van der Waals surface area (Å²) in [5.41, 5.74) is 0.477. The zero-order valence-corrected chi connectivity index (χ0v) is 11.4. The summed E-state index contributed by atoms with van der Waals surface area (Å²) in [4.78, 5) is 12.1. The van der Waals surface area contributed by atoms with E-state index in [-0.39, 0.29) is 11.5 Å². The second kappa shape index (κ2) is 5.93. The van der Waals surface area contributed by atoms with Crippen molar-refractivity contribution in [2.75, 3.05) is 12.9 Å². The minimum absolute atomic E-state index is 0.0130. The molecule has 2 rings (SSSR count). The number of para-hydroxylation sites is 1. The molecule has 0 saturated carbocycles. The Labute approximate surface area is 112 Å². The fourth-order valence-electron chi connectivity index (χ4n) is 1.54. The Kier molecular flexibility index (Phi) is 4.28. The Morgan fingerprint density at radius 1 is 1.28 bits per heavy atom. The van der Waals surface area contributed by atoms with Crippen molar-refractivity contribution in [3.05, 3.63) is 47.3 Å². The minimum atomic E-state index is -1.28. The third-order valence-electron chi connectivity index (χ3n) is 2.39. The van der Waals surface area contributed by atoms with Crippen LogP contribution in [0, 0.1) is 0 Å². The van der Waals surface area contributed by atoms with Crippen molar-refractivity contribution in [2.45, 2.75) is 4.21 Å². The molecule has 0 amide bonds. The van der Waals surface area contributed by atoms with E-state index in [1.54, 1.807) is 30.3 Å². The molecule has 94 valence electrons. The third-order valence-corrected chi connectivity index (χ3v) is 5.01. The van der Waals surface area contributed by atoms with Gasteiger partial charge in [0.1, 0.15) is 5.75 Å². The van der Waals surface area contributed by atoms with Crippen molar-refractivity contribution < 1.29 is 13.7 Å². The van der Waals surface area contributed by atoms with Crippen molar-refractivity contribution >= 4 is 27.9 Å². The second-order valence-corrected chi connectivity index (χ2v) is 6.17. The first-order valence-corrected chi connectivity index (χ1v) is 7.50. The summed E-state index contributed by atoms with van der Waals surface area (Å²) in [7, 11) is 0.237. The van der Waals surface area contributed by atoms with Crippen LogP contribution in [0.1, 0.15) is 10.4 Å². The summed E-state index contributed by atoms with van der Waals surface area (Å²) in [5, 5.41) is 1.85. The lowest BCUT2D eigenvalue weighted by Crippen LogP contribution is -2.11. The van der Waals surface area contributed by atoms with E-state index in [9.17, 15) is 9.00 Å². The molecule has 1 aromatic heterocycles. The molecule has 1 unspecified atom stereocenters. The highest BCUT2D eigenvalue weighted by Crippen LogP contribution is 2.20. The van der Waals surface area contributed by atoms with Crippen LogP contribution in [0.2, 0.25) is 0 Å². The highest BCUT2D eigenvalue weighted by molar-refractivity contribution is 7.88. The predicted molar refractivity (Wildman–Crippen MR) is 72.9 cm³/mol. The van der Waals surface area contributed by atoms with Gasteiger partial charge in [-0.1, -0.05) is 18.2 Å². The van der Waals surface area contributed by atoms with Crippen LogP contribution in [0.3, 0.4) is 0 Å². The van der Waals surface area contributed by atoms with Gasteiger partial charge in [-0.15, -0.1) is 11.3 Å². The first-order chi connectivity index (χ1) is 8.72. The Morgan fingerprint density at radius 3 is 2.72 bits per heavy atom. The lowest BCUT2D eigenvalue weighted by atomic mass is 10.1. The molecule has 18 heavy (non-hydrogen) atoms. The molecular weight excluding hydrogens is 268 g/mol. The molecule has 0 aliphatic rings. The smallest absolute Gasteiger partial charge is 0.179 e. The first kappa shape index (κ1) is 13.0. The highest BCUT2D eigenvalue weighted by atomic mass is 32.2. The molecule has 5 heteroatoms. The minimum Gasteiger partial charge on any atom is -0.496 e. The van der Waals surface area contributed by atoms with E-state index >= 15 is 0 Å². The van der Waals surface area contributed by atoms with Gasteiger partial charge in [-0.3, -0.25) is 9.00 Å². The molecule has 0 N–H and O–H groups in total. The van der Waals surface area contributed by atoms with Gasteiger partial charge in [0, 0.05) is 0 Å². The number of carbonyl (C=O) groups excluding carboxylic acids is 1. The summed E-state index contributed by atoms with van der Waals surface area (Å²) in [6.07, 6.45) is 0. The lowest BCUT2D eigenvalue weighted by Gasteiger charge is -2.06. The largest absolute Gasteiger partial charge is 0.496 e. The number of thiophene rings is 1. The maximum atomic E-state index is 12.1. The number of ether oxygens (including phenoxy) is 1. The zero-order valence-electron chi connectivity index (χ0n) is 9.79. The summed E-state index contributed by atoms with van der Waals surface area (Å²) >= 11 is 1.39. The molecule has 1 heterocycles. The molecule has 3 nitrogen and oxygen atoms in total. The number of hydrogen-bond donors (Lipinski definition) is 0. The fourth-order valence-corrected chi connectivity index (χ4v) is 3.52. The summed E-state index contributed by atoms with van der Waals surface area (Å²) in [6, 6.07) is 10.6. The monoisotopic (exact) mass is 280 g/mol. The van der Waals surface area contributed by atoms with Gasteiger partial charge < -0.3 is 4.74 Å². The Hall–Kier alpha value is -1.46. The number of carbonyl (C=O) groups is 1. The topological polar surface area (TPSA) is 43.4 Å². The molecule has 2 aromatic rings. The predicted octanol–water partition coefficient (Wildman–Crippen LogP) is 2.75. The molecular formula is C13H12O3S2. The van der Waals surface area contributed by atoms with Crippen molar-refractivity contribution in [3.63, 3.8) is 0 Å². The van der Waals surface area contributed by atoms with Gasteiger partial charge in [-0.25, -0.2) is 0 Å². The standard InChI is InChI=1S/C13H12O3S2/c1-16-12-6-3-2-5-10(12)11(14)9-18(15)13-7-4-8-17-13/h2-8H,9H2,1H3. The van der Waals surface area contributed by atoms with Crippen LogP contribution in [-0.2, 0) is 10.8 Å². The zero-order chi connectivity index (χ0) is 13.0. The Balaban J connectivity index is 2.15. The van der Waals surface area contributed by atoms with Gasteiger partial charge in [0.15, 0.2) is 5.78 Å². The number of rotatable bonds is 5. The quantitative estimate of drug-likeness (QED) is 0.791. The van der Waals surface area contributed by atoms with Crippen LogP contribution in [0.25, 0.3) is 0 Å². The second-order valence-electron chi connectivity index (χ2n) is 3.55. The molecule has 1 aromatic carbocycles. The number of ketones is 1. The maximum absolute atomic E-state index is 12.1. The van der Waals surface area contributed by atoms with E-state index in [0.29, 0.717) is 11.3 Å². The highest BCUT2D eigenvalue weighted by Gasteiger charge is 2.16. The van der Waals surface area contributed by atoms with E-state index in [0.717, 1.165) is 4.21 Å². The van der Waals surface area contributed by atoms with Gasteiger partial charge >= 0.3 is 0 Å². The molecule has 0 aliphatic heterocycles. The average Bonchev–Trinajstić information content (AvgIpc) is 2.92. The van der Waals surface area contributed by atoms with Gasteiger partial charge in [0.05, 0.1) is 33.4 Å². The third kappa shape index (κ3) is 2.86. The van der Waals surface area contributed by atoms with Gasteiger partial charge in [0.25, 0.3) is 0 Å². The SMILES string of the molecule is COc1ccccc1C(=O)CS(=O)c1cccs1. The first-order valence-electron chi connectivity index (χ1n) is 5.30. The van der Waals surface area contributed by atoms with E-state index < -0.39 is 10.8 Å². The molecule has 0 fully saturated rings. The van der Waals surface area contributed by atoms with Gasteiger partial charge in [-0.2, -0.15) is 0 Å². The fraction of sp³-hybridized carbons (Fsp3) is 0.154. The van der Waals surface area contributed by atoms with Crippen LogP contribution in [0.4, 0.5) is 0 Å². The van der Waals surface area contributed by atoms with Gasteiger partial charge in [-0.05, 0) is 23.6 Å². The number of Topliss-reactive ketones (excluding diaryl/α,β-unsaturated/α-hetero) is 1. The summed E-state index contributed by atoms with van der Waals surface area (Å²) in [6.45, 7) is 0. The van der Waals surface area contributed by atoms with Crippen LogP contribution in [0.15, 0.2) is 46.0 Å². The summed E-state index contributed by atoms with van der Waals surface area (Å²) < 4.78 is 17.8. The average molecular weight is 280 g/mol.